The Morgan fingerprint density at radius 2 is 1.96 bits per heavy atom. The van der Waals surface area contributed by atoms with Gasteiger partial charge in [-0.2, -0.15) is 17.5 Å². The Labute approximate surface area is 159 Å². The molecule has 1 saturated heterocycles. The number of nitrogens with one attached hydrogen (secondary N) is 1. The van der Waals surface area contributed by atoms with E-state index in [1.807, 2.05) is 13.8 Å². The number of amides is 1. The van der Waals surface area contributed by atoms with E-state index in [-0.39, 0.29) is 39.3 Å². The van der Waals surface area contributed by atoms with Crippen molar-refractivity contribution >= 4 is 39.5 Å². The van der Waals surface area contributed by atoms with Gasteiger partial charge in [-0.1, -0.05) is 13.8 Å². The molecule has 1 atom stereocenters. The van der Waals surface area contributed by atoms with E-state index < -0.39 is 21.6 Å². The molecule has 146 valence electrons. The maximum atomic E-state index is 12.8. The van der Waals surface area contributed by atoms with E-state index in [2.05, 4.69) is 5.32 Å². The van der Waals surface area contributed by atoms with Gasteiger partial charge in [0.05, 0.1) is 10.8 Å². The Morgan fingerprint density at radius 1 is 1.35 bits per heavy atom. The van der Waals surface area contributed by atoms with Gasteiger partial charge in [0.25, 0.3) is 0 Å². The molecule has 1 N–H and O–H groups in total. The van der Waals surface area contributed by atoms with Crippen molar-refractivity contribution in [2.45, 2.75) is 35.2 Å². The zero-order valence-electron chi connectivity index (χ0n) is 14.1. The number of hydrogen-bond donors (Lipinski definition) is 1. The van der Waals surface area contributed by atoms with Crippen LogP contribution in [0.25, 0.3) is 0 Å². The Hall–Kier alpha value is -0.910. The van der Waals surface area contributed by atoms with Gasteiger partial charge in [0.2, 0.25) is 15.9 Å². The summed E-state index contributed by atoms with van der Waals surface area (Å²) in [5.41, 5.74) is -4.44. The third-order valence-electron chi connectivity index (χ3n) is 3.49. The molecule has 26 heavy (non-hydrogen) atoms. The number of carbonyl (C=O) groups excluding carboxylic acids is 1. The van der Waals surface area contributed by atoms with Crippen LogP contribution in [-0.2, 0) is 14.8 Å². The molecule has 11 heteroatoms. The van der Waals surface area contributed by atoms with E-state index in [9.17, 15) is 26.4 Å². The molecule has 1 amide bonds. The fourth-order valence-corrected chi connectivity index (χ4v) is 5.93. The van der Waals surface area contributed by atoms with Crippen LogP contribution in [0.2, 0.25) is 0 Å². The number of carbonyl (C=O) groups is 1. The van der Waals surface area contributed by atoms with Crippen LogP contribution in [0.3, 0.4) is 0 Å². The van der Waals surface area contributed by atoms with E-state index in [0.717, 1.165) is 28.6 Å². The average Bonchev–Trinajstić information content (AvgIpc) is 3.02. The lowest BCUT2D eigenvalue weighted by atomic mass is 10.2. The molecule has 1 heterocycles. The predicted octanol–water partition coefficient (Wildman–Crippen LogP) is 3.13. The summed E-state index contributed by atoms with van der Waals surface area (Å²) in [6.45, 7) is 4.30. The van der Waals surface area contributed by atoms with Crippen molar-refractivity contribution in [2.24, 2.45) is 5.92 Å². The third-order valence-corrected chi connectivity index (χ3v) is 7.28. The SMILES string of the molecule is CC(C)CNC(=O)C1CSCN1S(=O)(=O)c1ccc(SC(F)(F)F)cc1. The fraction of sp³-hybridized carbons (Fsp3) is 0.533. The first kappa shape index (κ1) is 21.4. The van der Waals surface area contributed by atoms with Gasteiger partial charge < -0.3 is 5.32 Å². The van der Waals surface area contributed by atoms with Crippen molar-refractivity contribution in [3.8, 4) is 0 Å². The quantitative estimate of drug-likeness (QED) is 0.706. The standard InChI is InChI=1S/C15H19F3N2O3S3/c1-10(2)7-19-14(21)13-8-24-9-20(13)26(22,23)12-5-3-11(4-6-12)25-15(16,17)18/h3-6,10,13H,7-9H2,1-2H3,(H,19,21). The minimum atomic E-state index is -4.44. The first-order valence-electron chi connectivity index (χ1n) is 7.74. The highest BCUT2D eigenvalue weighted by molar-refractivity contribution is 8.01. The van der Waals surface area contributed by atoms with Crippen LogP contribution >= 0.6 is 23.5 Å². The first-order chi connectivity index (χ1) is 12.0. The second kappa shape index (κ2) is 8.41. The lowest BCUT2D eigenvalue weighted by molar-refractivity contribution is -0.123. The molecule has 2 rings (SSSR count). The smallest absolute Gasteiger partial charge is 0.354 e. The van der Waals surface area contributed by atoms with Crippen LogP contribution in [-0.4, -0.2) is 48.4 Å². The number of benzene rings is 1. The monoisotopic (exact) mass is 428 g/mol. The Balaban J connectivity index is 2.16. The zero-order chi connectivity index (χ0) is 19.5. The number of hydrogen-bond acceptors (Lipinski definition) is 5. The van der Waals surface area contributed by atoms with Gasteiger partial charge in [-0.15, -0.1) is 11.8 Å². The van der Waals surface area contributed by atoms with E-state index in [1.165, 1.54) is 11.8 Å². The lowest BCUT2D eigenvalue weighted by Crippen LogP contribution is -2.47. The highest BCUT2D eigenvalue weighted by Gasteiger charge is 2.40. The topological polar surface area (TPSA) is 66.5 Å². The van der Waals surface area contributed by atoms with Crippen molar-refractivity contribution in [3.63, 3.8) is 0 Å². The van der Waals surface area contributed by atoms with Crippen LogP contribution in [0, 0.1) is 5.92 Å². The van der Waals surface area contributed by atoms with Crippen LogP contribution in [0.5, 0.6) is 0 Å². The molecule has 0 aromatic heterocycles. The summed E-state index contributed by atoms with van der Waals surface area (Å²) in [6.07, 6.45) is 0. The molecule has 1 aromatic carbocycles. The summed E-state index contributed by atoms with van der Waals surface area (Å²) in [7, 11) is -3.97. The van der Waals surface area contributed by atoms with Gasteiger partial charge in [0.1, 0.15) is 6.04 Å². The third kappa shape index (κ3) is 5.54. The molecular formula is C15H19F3N2O3S3. The van der Waals surface area contributed by atoms with Gasteiger partial charge in [0, 0.05) is 17.2 Å². The first-order valence-corrected chi connectivity index (χ1v) is 11.1. The molecular weight excluding hydrogens is 409 g/mol. The van der Waals surface area contributed by atoms with Crippen LogP contribution in [0.4, 0.5) is 13.2 Å². The Bertz CT molecular complexity index is 737. The van der Waals surface area contributed by atoms with Gasteiger partial charge >= 0.3 is 5.51 Å². The minimum Gasteiger partial charge on any atom is -0.354 e. The summed E-state index contributed by atoms with van der Waals surface area (Å²) in [5.74, 6) is 0.333. The van der Waals surface area contributed by atoms with Crippen LogP contribution < -0.4 is 5.32 Å². The number of alkyl halides is 3. The fourth-order valence-electron chi connectivity index (χ4n) is 2.24. The van der Waals surface area contributed by atoms with E-state index >= 15 is 0 Å². The maximum absolute atomic E-state index is 12.8. The van der Waals surface area contributed by atoms with Gasteiger partial charge in [-0.05, 0) is 41.9 Å². The molecule has 0 bridgehead atoms. The second-order valence-corrected chi connectivity index (χ2v) is 10.1. The summed E-state index contributed by atoms with van der Waals surface area (Å²) < 4.78 is 63.8. The van der Waals surface area contributed by atoms with Gasteiger partial charge in [0.15, 0.2) is 0 Å². The number of nitrogens with zero attached hydrogens (tertiary/aromatic N) is 1. The van der Waals surface area contributed by atoms with Gasteiger partial charge in [-0.3, -0.25) is 4.79 Å². The van der Waals surface area contributed by atoms with Gasteiger partial charge in [-0.25, -0.2) is 8.42 Å². The molecule has 1 aliphatic rings. The number of sulfonamides is 1. The van der Waals surface area contributed by atoms with Crippen molar-refractivity contribution < 1.29 is 26.4 Å². The van der Waals surface area contributed by atoms with Crippen molar-refractivity contribution in [3.05, 3.63) is 24.3 Å². The number of rotatable bonds is 6. The van der Waals surface area contributed by atoms with Crippen LogP contribution in [0.15, 0.2) is 34.1 Å². The molecule has 1 fully saturated rings. The normalized spacial score (nSPS) is 19.1. The summed E-state index contributed by atoms with van der Waals surface area (Å²) in [6, 6.07) is 3.67. The Morgan fingerprint density at radius 3 is 2.50 bits per heavy atom. The maximum Gasteiger partial charge on any atom is 0.446 e. The molecule has 1 aliphatic heterocycles. The lowest BCUT2D eigenvalue weighted by Gasteiger charge is -2.23. The molecule has 1 unspecified atom stereocenters. The van der Waals surface area contributed by atoms with E-state index in [0.29, 0.717) is 12.3 Å². The predicted molar refractivity (Wildman–Crippen MR) is 96.3 cm³/mol. The molecule has 1 aromatic rings. The summed E-state index contributed by atoms with van der Waals surface area (Å²) in [5, 5.41) is 2.73. The van der Waals surface area contributed by atoms with Crippen molar-refractivity contribution in [1.29, 1.82) is 0 Å². The Kier molecular flexibility index (Phi) is 6.92. The van der Waals surface area contributed by atoms with E-state index in [4.69, 9.17) is 0 Å². The molecule has 0 radical (unpaired) electrons. The largest absolute Gasteiger partial charge is 0.446 e. The molecule has 0 saturated carbocycles. The minimum absolute atomic E-state index is 0.0986. The van der Waals surface area contributed by atoms with Crippen molar-refractivity contribution in [2.75, 3.05) is 18.2 Å². The second-order valence-electron chi connectivity index (χ2n) is 6.07. The van der Waals surface area contributed by atoms with Crippen LogP contribution in [0.1, 0.15) is 13.8 Å². The molecule has 0 aliphatic carbocycles. The highest BCUT2D eigenvalue weighted by Crippen LogP contribution is 2.37. The van der Waals surface area contributed by atoms with E-state index in [1.54, 1.807) is 0 Å². The summed E-state index contributed by atoms with van der Waals surface area (Å²) >= 11 is 1.01. The average molecular weight is 429 g/mol. The van der Waals surface area contributed by atoms with Crippen molar-refractivity contribution in [1.82, 2.24) is 9.62 Å². The number of thioether (sulfide) groups is 2. The summed E-state index contributed by atoms with van der Waals surface area (Å²) in [4.78, 5) is 12.1. The molecule has 0 spiro atoms. The highest BCUT2D eigenvalue weighted by atomic mass is 32.2. The number of halogens is 3. The zero-order valence-corrected chi connectivity index (χ0v) is 16.6. The molecule has 5 nitrogen and oxygen atoms in total.